The zero-order chi connectivity index (χ0) is 15.7. The lowest BCUT2D eigenvalue weighted by atomic mass is 10.1. The van der Waals surface area contributed by atoms with Crippen molar-refractivity contribution in [3.8, 4) is 5.75 Å². The highest BCUT2D eigenvalue weighted by molar-refractivity contribution is 5.93. The van der Waals surface area contributed by atoms with Gasteiger partial charge in [-0.15, -0.1) is 0 Å². The average Bonchev–Trinajstić information content (AvgIpc) is 2.47. The van der Waals surface area contributed by atoms with Gasteiger partial charge in [0.05, 0.1) is 18.1 Å². The highest BCUT2D eigenvalue weighted by Gasteiger charge is 2.16. The Kier molecular flexibility index (Phi) is 7.21. The molecule has 1 amide bonds. The molecule has 0 bridgehead atoms. The molecule has 1 aromatic carbocycles. The number of ether oxygens (including phenoxy) is 1. The van der Waals surface area contributed by atoms with E-state index in [-0.39, 0.29) is 17.3 Å². The van der Waals surface area contributed by atoms with Crippen LogP contribution < -0.4 is 10.1 Å². The maximum atomic E-state index is 11.8. The summed E-state index contributed by atoms with van der Waals surface area (Å²) in [6.07, 6.45) is 5.64. The molecular weight excluding hydrogens is 272 g/mol. The number of carbonyl (C=O) groups is 1. The second kappa shape index (κ2) is 8.94. The van der Waals surface area contributed by atoms with E-state index in [9.17, 15) is 14.9 Å². The molecule has 0 aromatic heterocycles. The Hall–Kier alpha value is -2.11. The van der Waals surface area contributed by atoms with Crippen LogP contribution in [0, 0.1) is 10.1 Å². The van der Waals surface area contributed by atoms with Crippen molar-refractivity contribution in [3.63, 3.8) is 0 Å². The minimum Gasteiger partial charge on any atom is -0.496 e. The van der Waals surface area contributed by atoms with Gasteiger partial charge in [-0.1, -0.05) is 32.6 Å². The predicted molar refractivity (Wildman–Crippen MR) is 81.7 cm³/mol. The van der Waals surface area contributed by atoms with Crippen molar-refractivity contribution in [2.45, 2.75) is 45.4 Å². The number of unbranched alkanes of at least 4 members (excludes halogenated alkanes) is 4. The predicted octanol–water partition coefficient (Wildman–Crippen LogP) is 3.90. The van der Waals surface area contributed by atoms with Crippen LogP contribution in [-0.2, 0) is 4.79 Å². The third kappa shape index (κ3) is 5.81. The summed E-state index contributed by atoms with van der Waals surface area (Å²) in [5.41, 5.74) is 0.0491. The number of nitro groups is 1. The molecule has 0 fully saturated rings. The number of rotatable bonds is 9. The summed E-state index contributed by atoms with van der Waals surface area (Å²) in [7, 11) is 1.44. The third-order valence-corrected chi connectivity index (χ3v) is 3.18. The van der Waals surface area contributed by atoms with E-state index in [1.165, 1.54) is 25.7 Å². The largest absolute Gasteiger partial charge is 0.496 e. The van der Waals surface area contributed by atoms with Crippen LogP contribution in [0.15, 0.2) is 18.2 Å². The summed E-state index contributed by atoms with van der Waals surface area (Å²) >= 11 is 0. The first kappa shape index (κ1) is 16.9. The number of nitrogens with zero attached hydrogens (tertiary/aromatic N) is 1. The van der Waals surface area contributed by atoms with E-state index in [1.807, 2.05) is 0 Å². The van der Waals surface area contributed by atoms with E-state index in [0.29, 0.717) is 12.2 Å². The van der Waals surface area contributed by atoms with Crippen LogP contribution in [0.25, 0.3) is 0 Å². The van der Waals surface area contributed by atoms with Crippen LogP contribution in [0.3, 0.4) is 0 Å². The number of nitro benzene ring substituents is 1. The van der Waals surface area contributed by atoms with Crippen LogP contribution in [0.1, 0.15) is 45.4 Å². The number of hydrogen-bond donors (Lipinski definition) is 1. The molecule has 21 heavy (non-hydrogen) atoms. The van der Waals surface area contributed by atoms with Crippen molar-refractivity contribution in [2.24, 2.45) is 0 Å². The molecule has 0 heterocycles. The first-order chi connectivity index (χ1) is 10.1. The molecule has 6 heteroatoms. The van der Waals surface area contributed by atoms with Crippen LogP contribution >= 0.6 is 0 Å². The summed E-state index contributed by atoms with van der Waals surface area (Å²) in [6.45, 7) is 2.13. The van der Waals surface area contributed by atoms with Gasteiger partial charge >= 0.3 is 0 Å². The Morgan fingerprint density at radius 1 is 1.29 bits per heavy atom. The zero-order valence-electron chi connectivity index (χ0n) is 12.6. The van der Waals surface area contributed by atoms with Gasteiger partial charge in [-0.25, -0.2) is 0 Å². The third-order valence-electron chi connectivity index (χ3n) is 3.18. The van der Waals surface area contributed by atoms with E-state index in [4.69, 9.17) is 4.74 Å². The first-order valence-corrected chi connectivity index (χ1v) is 7.20. The summed E-state index contributed by atoms with van der Waals surface area (Å²) in [4.78, 5) is 22.3. The first-order valence-electron chi connectivity index (χ1n) is 7.20. The topological polar surface area (TPSA) is 81.5 Å². The fourth-order valence-corrected chi connectivity index (χ4v) is 2.00. The molecule has 1 N–H and O–H groups in total. The van der Waals surface area contributed by atoms with Crippen LogP contribution in [0.2, 0.25) is 0 Å². The molecule has 0 aliphatic heterocycles. The van der Waals surface area contributed by atoms with Gasteiger partial charge in [0, 0.05) is 6.42 Å². The molecule has 0 aliphatic carbocycles. The second-order valence-electron chi connectivity index (χ2n) is 4.85. The van der Waals surface area contributed by atoms with Gasteiger partial charge in [0.2, 0.25) is 5.91 Å². The number of methoxy groups -OCH3 is 1. The standard InChI is InChI=1S/C15H22N2O4/c1-3-4-5-6-7-8-15(18)16-13-10-9-12(21-2)11-14(13)17(19)20/h9-11H,3-8H2,1-2H3,(H,16,18). The minimum atomic E-state index is -0.528. The Morgan fingerprint density at radius 3 is 2.62 bits per heavy atom. The molecule has 0 saturated carbocycles. The lowest BCUT2D eigenvalue weighted by molar-refractivity contribution is -0.384. The Bertz CT molecular complexity index is 489. The number of amides is 1. The molecule has 0 atom stereocenters. The number of benzene rings is 1. The normalized spacial score (nSPS) is 10.2. The van der Waals surface area contributed by atoms with Crippen LogP contribution in [0.5, 0.6) is 5.75 Å². The van der Waals surface area contributed by atoms with Crippen molar-refractivity contribution in [1.29, 1.82) is 0 Å². The monoisotopic (exact) mass is 294 g/mol. The van der Waals surface area contributed by atoms with Crippen molar-refractivity contribution in [1.82, 2.24) is 0 Å². The van der Waals surface area contributed by atoms with Gasteiger partial charge < -0.3 is 10.1 Å². The Morgan fingerprint density at radius 2 is 2.00 bits per heavy atom. The Balaban J connectivity index is 2.57. The second-order valence-corrected chi connectivity index (χ2v) is 4.85. The van der Waals surface area contributed by atoms with Gasteiger partial charge in [-0.3, -0.25) is 14.9 Å². The van der Waals surface area contributed by atoms with Gasteiger partial charge in [0.25, 0.3) is 5.69 Å². The Labute approximate surface area is 124 Å². The molecule has 0 unspecified atom stereocenters. The van der Waals surface area contributed by atoms with E-state index in [2.05, 4.69) is 12.2 Å². The smallest absolute Gasteiger partial charge is 0.296 e. The summed E-state index contributed by atoms with van der Waals surface area (Å²) < 4.78 is 4.95. The number of nitrogens with one attached hydrogen (secondary N) is 1. The fraction of sp³-hybridized carbons (Fsp3) is 0.533. The average molecular weight is 294 g/mol. The molecule has 1 aromatic rings. The van der Waals surface area contributed by atoms with Gasteiger partial charge in [0.15, 0.2) is 0 Å². The van der Waals surface area contributed by atoms with E-state index < -0.39 is 4.92 Å². The molecule has 0 saturated heterocycles. The summed E-state index contributed by atoms with van der Waals surface area (Å²) in [5, 5.41) is 13.6. The molecule has 0 aliphatic rings. The SMILES string of the molecule is CCCCCCCC(=O)Nc1ccc(OC)cc1[N+](=O)[O-]. The van der Waals surface area contributed by atoms with E-state index in [1.54, 1.807) is 6.07 Å². The molecule has 0 spiro atoms. The van der Waals surface area contributed by atoms with Crippen LogP contribution in [0.4, 0.5) is 11.4 Å². The highest BCUT2D eigenvalue weighted by atomic mass is 16.6. The molecule has 1 rings (SSSR count). The number of anilines is 1. The van der Waals surface area contributed by atoms with E-state index in [0.717, 1.165) is 25.7 Å². The molecule has 6 nitrogen and oxygen atoms in total. The summed E-state index contributed by atoms with van der Waals surface area (Å²) in [5.74, 6) is 0.194. The van der Waals surface area contributed by atoms with Crippen molar-refractivity contribution in [2.75, 3.05) is 12.4 Å². The van der Waals surface area contributed by atoms with E-state index >= 15 is 0 Å². The quantitative estimate of drug-likeness (QED) is 0.425. The fourth-order valence-electron chi connectivity index (χ4n) is 2.00. The zero-order valence-corrected chi connectivity index (χ0v) is 12.6. The van der Waals surface area contributed by atoms with Crippen molar-refractivity contribution in [3.05, 3.63) is 28.3 Å². The number of hydrogen-bond acceptors (Lipinski definition) is 4. The maximum Gasteiger partial charge on any atom is 0.296 e. The van der Waals surface area contributed by atoms with Crippen LogP contribution in [-0.4, -0.2) is 17.9 Å². The van der Waals surface area contributed by atoms with Gasteiger partial charge in [-0.2, -0.15) is 0 Å². The lowest BCUT2D eigenvalue weighted by Gasteiger charge is -2.07. The summed E-state index contributed by atoms with van der Waals surface area (Å²) in [6, 6.07) is 4.38. The van der Waals surface area contributed by atoms with Crippen molar-refractivity contribution >= 4 is 17.3 Å². The van der Waals surface area contributed by atoms with Gasteiger partial charge in [-0.05, 0) is 18.6 Å². The maximum absolute atomic E-state index is 11.8. The minimum absolute atomic E-state index is 0.159. The lowest BCUT2D eigenvalue weighted by Crippen LogP contribution is -2.12. The van der Waals surface area contributed by atoms with Crippen molar-refractivity contribution < 1.29 is 14.5 Å². The molecule has 0 radical (unpaired) electrons. The molecular formula is C15H22N2O4. The van der Waals surface area contributed by atoms with Gasteiger partial charge in [0.1, 0.15) is 11.4 Å². The number of carbonyl (C=O) groups excluding carboxylic acids is 1. The molecule has 116 valence electrons. The highest BCUT2D eigenvalue weighted by Crippen LogP contribution is 2.29.